The Morgan fingerprint density at radius 3 is 2.57 bits per heavy atom. The van der Waals surface area contributed by atoms with Gasteiger partial charge in [-0.05, 0) is 17.7 Å². The van der Waals surface area contributed by atoms with Crippen molar-refractivity contribution in [3.63, 3.8) is 0 Å². The molecule has 0 saturated heterocycles. The van der Waals surface area contributed by atoms with Gasteiger partial charge < -0.3 is 15.1 Å². The van der Waals surface area contributed by atoms with Gasteiger partial charge in [-0.3, -0.25) is 10.1 Å². The Hall–Kier alpha value is -2.86. The number of rotatable bonds is 2. The molecule has 2 aliphatic heterocycles. The average molecular weight is 284 g/mol. The molecule has 2 heterocycles. The topological polar surface area (TPSA) is 86.8 Å². The monoisotopic (exact) mass is 284 g/mol. The molecule has 1 unspecified atom stereocenters. The highest BCUT2D eigenvalue weighted by molar-refractivity contribution is 5.75. The molecule has 6 nitrogen and oxygen atoms in total. The van der Waals surface area contributed by atoms with Gasteiger partial charge in [0.05, 0.1) is 10.5 Å². The molecule has 1 aromatic rings. The van der Waals surface area contributed by atoms with Crippen LogP contribution < -0.4 is 0 Å². The predicted molar refractivity (Wildman–Crippen MR) is 76.1 cm³/mol. The minimum atomic E-state index is -1.19. The lowest BCUT2D eigenvalue weighted by molar-refractivity contribution is -0.426. The van der Waals surface area contributed by atoms with Crippen molar-refractivity contribution >= 4 is 5.57 Å². The molecule has 0 bridgehead atoms. The van der Waals surface area contributed by atoms with Crippen LogP contribution in [0.2, 0.25) is 0 Å². The zero-order valence-corrected chi connectivity index (χ0v) is 10.9. The van der Waals surface area contributed by atoms with Gasteiger partial charge in [-0.1, -0.05) is 36.4 Å². The lowest BCUT2D eigenvalue weighted by Gasteiger charge is -2.33. The second-order valence-corrected chi connectivity index (χ2v) is 4.60. The summed E-state index contributed by atoms with van der Waals surface area (Å²) in [7, 11) is 0. The maximum absolute atomic E-state index is 11.3. The zero-order chi connectivity index (χ0) is 15.0. The number of aliphatic hydroxyl groups excluding tert-OH is 2. The first kappa shape index (κ1) is 13.1. The van der Waals surface area contributed by atoms with Crippen molar-refractivity contribution in [2.45, 2.75) is 6.23 Å². The van der Waals surface area contributed by atoms with Gasteiger partial charge in [0.1, 0.15) is 5.70 Å². The second-order valence-electron chi connectivity index (χ2n) is 4.60. The van der Waals surface area contributed by atoms with Gasteiger partial charge in [-0.25, -0.2) is 0 Å². The first-order chi connectivity index (χ1) is 10.1. The minimum absolute atomic E-state index is 0.117. The quantitative estimate of drug-likeness (QED) is 0.642. The molecule has 0 amide bonds. The third kappa shape index (κ3) is 2.02. The van der Waals surface area contributed by atoms with E-state index in [1.807, 2.05) is 0 Å². The number of benzene rings is 1. The number of allylic oxidation sites excluding steroid dienone is 3. The molecule has 0 spiro atoms. The highest BCUT2D eigenvalue weighted by Gasteiger charge is 2.39. The Labute approximate surface area is 120 Å². The molecule has 0 aliphatic carbocycles. The summed E-state index contributed by atoms with van der Waals surface area (Å²) < 4.78 is 0. The highest BCUT2D eigenvalue weighted by Crippen LogP contribution is 2.37. The molecule has 3 rings (SSSR count). The molecule has 0 saturated carbocycles. The Balaban J connectivity index is 2.26. The van der Waals surface area contributed by atoms with E-state index in [9.17, 15) is 20.3 Å². The molecule has 2 N–H and O–H groups in total. The summed E-state index contributed by atoms with van der Waals surface area (Å²) in [4.78, 5) is 12.0. The molecular formula is C15H12N2O4. The van der Waals surface area contributed by atoms with E-state index >= 15 is 0 Å². The van der Waals surface area contributed by atoms with Gasteiger partial charge in [0.25, 0.3) is 0 Å². The van der Waals surface area contributed by atoms with E-state index in [1.165, 1.54) is 11.0 Å². The third-order valence-electron chi connectivity index (χ3n) is 3.40. The van der Waals surface area contributed by atoms with Crippen LogP contribution in [0.3, 0.4) is 0 Å². The normalized spacial score (nSPS) is 20.8. The van der Waals surface area contributed by atoms with Crippen molar-refractivity contribution in [1.82, 2.24) is 4.90 Å². The molecule has 0 aromatic heterocycles. The summed E-state index contributed by atoms with van der Waals surface area (Å²) in [6, 6.07) is 8.62. The van der Waals surface area contributed by atoms with Crippen LogP contribution in [0, 0.1) is 10.1 Å². The highest BCUT2D eigenvalue weighted by atomic mass is 16.6. The van der Waals surface area contributed by atoms with E-state index in [1.54, 1.807) is 48.7 Å². The summed E-state index contributed by atoms with van der Waals surface area (Å²) >= 11 is 0. The van der Waals surface area contributed by atoms with Gasteiger partial charge in [0.15, 0.2) is 6.23 Å². The van der Waals surface area contributed by atoms with E-state index in [2.05, 4.69) is 0 Å². The summed E-state index contributed by atoms with van der Waals surface area (Å²) in [5.74, 6) is -0.509. The van der Waals surface area contributed by atoms with Gasteiger partial charge in [-0.2, -0.15) is 0 Å². The summed E-state index contributed by atoms with van der Waals surface area (Å²) in [6.45, 7) is 0. The fraction of sp³-hybridized carbons (Fsp3) is 0.0667. The number of aliphatic hydroxyl groups is 2. The van der Waals surface area contributed by atoms with E-state index in [0.717, 1.165) is 0 Å². The van der Waals surface area contributed by atoms with Crippen LogP contribution in [0.5, 0.6) is 0 Å². The van der Waals surface area contributed by atoms with Gasteiger partial charge in [-0.15, -0.1) is 0 Å². The Bertz CT molecular complexity index is 716. The fourth-order valence-corrected chi connectivity index (χ4v) is 2.46. The Morgan fingerprint density at radius 1 is 1.19 bits per heavy atom. The molecule has 106 valence electrons. The molecule has 2 aliphatic rings. The number of hydrogen-bond acceptors (Lipinski definition) is 5. The fourth-order valence-electron chi connectivity index (χ4n) is 2.46. The average Bonchev–Trinajstić information content (AvgIpc) is 2.48. The van der Waals surface area contributed by atoms with E-state index in [4.69, 9.17) is 0 Å². The lowest BCUT2D eigenvalue weighted by Crippen LogP contribution is -2.37. The van der Waals surface area contributed by atoms with Crippen LogP contribution in [0.4, 0.5) is 0 Å². The van der Waals surface area contributed by atoms with Crippen molar-refractivity contribution in [2.24, 2.45) is 0 Å². The first-order valence-corrected chi connectivity index (χ1v) is 6.30. The van der Waals surface area contributed by atoms with Crippen LogP contribution in [0.15, 0.2) is 71.9 Å². The van der Waals surface area contributed by atoms with Crippen molar-refractivity contribution in [3.8, 4) is 0 Å². The standard InChI is InChI=1S/C15H12N2O4/c18-14-12(10-6-2-1-3-7-10)15(19)16-9-5-4-8-11(16)13(14)17(20)21/h1-9,15,18-19H. The van der Waals surface area contributed by atoms with E-state index in [0.29, 0.717) is 5.56 Å². The molecular weight excluding hydrogens is 272 g/mol. The summed E-state index contributed by atoms with van der Waals surface area (Å²) in [6.07, 6.45) is 5.11. The molecule has 0 fully saturated rings. The van der Waals surface area contributed by atoms with Crippen molar-refractivity contribution in [3.05, 3.63) is 87.6 Å². The Morgan fingerprint density at radius 2 is 1.90 bits per heavy atom. The molecule has 0 radical (unpaired) electrons. The Kier molecular flexibility index (Phi) is 3.08. The predicted octanol–water partition coefficient (Wildman–Crippen LogP) is 2.16. The van der Waals surface area contributed by atoms with Crippen LogP contribution in [-0.4, -0.2) is 26.3 Å². The largest absolute Gasteiger partial charge is 0.502 e. The SMILES string of the molecule is O=[N+]([O-])C1=C2C=CC=CN2C(O)C(c2ccccc2)=C1O. The smallest absolute Gasteiger partial charge is 0.334 e. The van der Waals surface area contributed by atoms with Crippen LogP contribution in [0.25, 0.3) is 5.57 Å². The molecule has 1 atom stereocenters. The van der Waals surface area contributed by atoms with E-state index < -0.39 is 22.6 Å². The van der Waals surface area contributed by atoms with Crippen LogP contribution >= 0.6 is 0 Å². The maximum atomic E-state index is 11.3. The molecule has 6 heteroatoms. The first-order valence-electron chi connectivity index (χ1n) is 6.30. The number of fused-ring (bicyclic) bond motifs is 1. The maximum Gasteiger partial charge on any atom is 0.334 e. The minimum Gasteiger partial charge on any atom is -0.502 e. The van der Waals surface area contributed by atoms with Crippen molar-refractivity contribution < 1.29 is 15.1 Å². The number of nitrogens with zero attached hydrogens (tertiary/aromatic N) is 2. The van der Waals surface area contributed by atoms with Crippen LogP contribution in [0.1, 0.15) is 5.56 Å². The summed E-state index contributed by atoms with van der Waals surface area (Å²) in [5, 5.41) is 32.0. The second kappa shape index (κ2) is 4.92. The lowest BCUT2D eigenvalue weighted by atomic mass is 9.96. The third-order valence-corrected chi connectivity index (χ3v) is 3.40. The molecule has 1 aromatic carbocycles. The summed E-state index contributed by atoms with van der Waals surface area (Å²) in [5.41, 5.74) is 0.391. The van der Waals surface area contributed by atoms with Crippen molar-refractivity contribution in [1.29, 1.82) is 0 Å². The number of hydrogen-bond donors (Lipinski definition) is 2. The van der Waals surface area contributed by atoms with Gasteiger partial charge in [0.2, 0.25) is 5.76 Å². The number of nitro groups is 1. The molecule has 21 heavy (non-hydrogen) atoms. The van der Waals surface area contributed by atoms with Gasteiger partial charge >= 0.3 is 5.70 Å². The van der Waals surface area contributed by atoms with Crippen molar-refractivity contribution in [2.75, 3.05) is 0 Å². The zero-order valence-electron chi connectivity index (χ0n) is 10.9. The van der Waals surface area contributed by atoms with Crippen LogP contribution in [-0.2, 0) is 0 Å². The van der Waals surface area contributed by atoms with E-state index in [-0.39, 0.29) is 11.3 Å². The van der Waals surface area contributed by atoms with Gasteiger partial charge in [0, 0.05) is 6.20 Å².